The lowest BCUT2D eigenvalue weighted by molar-refractivity contribution is -0.399. The highest BCUT2D eigenvalue weighted by atomic mass is 16.8. The molecule has 0 aliphatic carbocycles. The zero-order valence-corrected chi connectivity index (χ0v) is 65.9. The predicted molar refractivity (Wildman–Crippen MR) is 376 cm³/mol. The van der Waals surface area contributed by atoms with Gasteiger partial charge in [0.2, 0.25) is 23.6 Å². The smallest absolute Gasteiger partial charge is 0.217 e. The van der Waals surface area contributed by atoms with Gasteiger partial charge in [-0.2, -0.15) is 0 Å². The van der Waals surface area contributed by atoms with E-state index in [4.69, 9.17) is 90.0 Å². The summed E-state index contributed by atoms with van der Waals surface area (Å²) in [5.74, 6) is -3.73. The molecule has 50 atom stereocenters. The summed E-state index contributed by atoms with van der Waals surface area (Å²) in [6.45, 7) is -7.45. The van der Waals surface area contributed by atoms with E-state index in [0.29, 0.717) is 0 Å². The van der Waals surface area contributed by atoms with Crippen molar-refractivity contribution in [1.29, 1.82) is 0 Å². The van der Waals surface area contributed by atoms with Gasteiger partial charge in [0.25, 0.3) is 0 Å². The van der Waals surface area contributed by atoms with Crippen LogP contribution < -0.4 is 21.3 Å². The Morgan fingerprint density at radius 2 is 0.439 bits per heavy atom. The molecular formula is C68H114N4O51. The molecule has 10 aliphatic heterocycles. The molecule has 0 spiro atoms. The molecule has 10 fully saturated rings. The van der Waals surface area contributed by atoms with Gasteiger partial charge in [0, 0.05) is 27.7 Å². The van der Waals surface area contributed by atoms with Gasteiger partial charge >= 0.3 is 0 Å². The Balaban J connectivity index is 0.965. The van der Waals surface area contributed by atoms with E-state index in [-0.39, 0.29) is 0 Å². The second-order valence-electron chi connectivity index (χ2n) is 31.0. The highest BCUT2D eigenvalue weighted by Crippen LogP contribution is 2.41. The molecule has 4 amide bonds. The van der Waals surface area contributed by atoms with Crippen LogP contribution in [0.25, 0.3) is 0 Å². The first-order valence-electron chi connectivity index (χ1n) is 39.1. The van der Waals surface area contributed by atoms with E-state index in [1.54, 1.807) is 0 Å². The fraction of sp³-hybridized carbons (Fsp3) is 0.941. The van der Waals surface area contributed by atoms with Crippen molar-refractivity contribution in [3.8, 4) is 0 Å². The van der Waals surface area contributed by atoms with Gasteiger partial charge in [0.1, 0.15) is 244 Å². The first kappa shape index (κ1) is 101. The molecule has 0 bridgehead atoms. The van der Waals surface area contributed by atoms with Crippen LogP contribution in [-0.2, 0) is 109 Å². The van der Waals surface area contributed by atoms with Crippen LogP contribution in [0, 0.1) is 0 Å². The number of carbonyl (C=O) groups is 4. The molecule has 0 saturated carbocycles. The lowest BCUT2D eigenvalue weighted by Crippen LogP contribution is -2.71. The summed E-state index contributed by atoms with van der Waals surface area (Å²) >= 11 is 0. The zero-order valence-electron chi connectivity index (χ0n) is 65.9. The Morgan fingerprint density at radius 3 is 0.780 bits per heavy atom. The summed E-state index contributed by atoms with van der Waals surface area (Å²) in [6.07, 6.45) is -97.1. The van der Waals surface area contributed by atoms with Gasteiger partial charge < -0.3 is 254 Å². The largest absolute Gasteiger partial charge is 0.394 e. The van der Waals surface area contributed by atoms with Crippen LogP contribution >= 0.6 is 0 Å². The number of hydrogen-bond acceptors (Lipinski definition) is 51. The number of ether oxygens (including phenoxy) is 19. The van der Waals surface area contributed by atoms with Crippen molar-refractivity contribution in [3.05, 3.63) is 0 Å². The van der Waals surface area contributed by atoms with Crippen LogP contribution in [0.1, 0.15) is 27.7 Å². The van der Waals surface area contributed by atoms with Crippen molar-refractivity contribution < 1.29 is 252 Å². The molecule has 10 aliphatic rings. The minimum absolute atomic E-state index is 0.801. The predicted octanol–water partition coefficient (Wildman–Crippen LogP) is -22.2. The average molecular weight is 1800 g/mol. The monoisotopic (exact) mass is 1800 g/mol. The molecule has 0 aromatic rings. The molecular weight excluding hydrogens is 1690 g/mol. The van der Waals surface area contributed by atoms with E-state index < -0.39 is 397 Å². The van der Waals surface area contributed by atoms with Crippen molar-refractivity contribution in [3.63, 3.8) is 0 Å². The minimum atomic E-state index is -2.61. The fourth-order valence-electron chi connectivity index (χ4n) is 15.9. The lowest BCUT2D eigenvalue weighted by atomic mass is 9.93. The maximum Gasteiger partial charge on any atom is 0.217 e. The van der Waals surface area contributed by atoms with E-state index in [2.05, 4.69) is 21.3 Å². The summed E-state index contributed by atoms with van der Waals surface area (Å²) in [4.78, 5) is 51.3. The van der Waals surface area contributed by atoms with Crippen molar-refractivity contribution in [1.82, 2.24) is 21.3 Å². The topological polar surface area (TPSA) is 858 Å². The third-order valence-electron chi connectivity index (χ3n) is 22.5. The quantitative estimate of drug-likeness (QED) is 0.0297. The van der Waals surface area contributed by atoms with Crippen LogP contribution in [-0.4, -0.2) is 539 Å². The number of hydrogen-bond donors (Lipinski definition) is 32. The summed E-state index contributed by atoms with van der Waals surface area (Å²) in [6, 6.07) is -7.61. The second-order valence-corrected chi connectivity index (χ2v) is 31.0. The summed E-state index contributed by atoms with van der Waals surface area (Å²) in [5.41, 5.74) is 0. The fourth-order valence-corrected chi connectivity index (χ4v) is 15.9. The number of aliphatic hydroxyl groups excluding tert-OH is 28. The maximum atomic E-state index is 13.1. The molecule has 1 unspecified atom stereocenters. The summed E-state index contributed by atoms with van der Waals surface area (Å²) in [7, 11) is 0. The number of nitrogens with one attached hydrogen (secondary N) is 4. The van der Waals surface area contributed by atoms with Gasteiger partial charge in [-0.3, -0.25) is 19.2 Å². The normalized spacial score (nSPS) is 49.4. The highest BCUT2D eigenvalue weighted by molar-refractivity contribution is 5.74. The Kier molecular flexibility index (Phi) is 36.4. The van der Waals surface area contributed by atoms with Crippen LogP contribution in [0.5, 0.6) is 0 Å². The molecule has 0 aromatic heterocycles. The van der Waals surface area contributed by atoms with E-state index in [1.165, 1.54) is 0 Å². The molecule has 10 rings (SSSR count). The van der Waals surface area contributed by atoms with Gasteiger partial charge in [-0.15, -0.1) is 0 Å². The first-order chi connectivity index (χ1) is 58.2. The van der Waals surface area contributed by atoms with E-state index in [1.807, 2.05) is 0 Å². The van der Waals surface area contributed by atoms with Crippen molar-refractivity contribution in [2.45, 2.75) is 335 Å². The molecule has 0 radical (unpaired) electrons. The third-order valence-corrected chi connectivity index (χ3v) is 22.5. The molecule has 10 saturated heterocycles. The number of carbonyl (C=O) groups excluding carboxylic acids is 4. The van der Waals surface area contributed by atoms with Crippen molar-refractivity contribution >= 4 is 23.6 Å². The van der Waals surface area contributed by atoms with Crippen LogP contribution in [0.3, 0.4) is 0 Å². The summed E-state index contributed by atoms with van der Waals surface area (Å²) < 4.78 is 112. The van der Waals surface area contributed by atoms with E-state index >= 15 is 0 Å². The number of amides is 4. The molecule has 55 nitrogen and oxygen atoms in total. The van der Waals surface area contributed by atoms with Gasteiger partial charge in [-0.1, -0.05) is 0 Å². The molecule has 10 heterocycles. The Hall–Kier alpha value is -4.00. The third kappa shape index (κ3) is 22.3. The van der Waals surface area contributed by atoms with Crippen LogP contribution in [0.15, 0.2) is 0 Å². The van der Waals surface area contributed by atoms with Gasteiger partial charge in [-0.25, -0.2) is 0 Å². The Morgan fingerprint density at radius 1 is 0.211 bits per heavy atom. The second kappa shape index (κ2) is 44.3. The molecule has 0 aromatic carbocycles. The Labute approximate surface area is 695 Å². The van der Waals surface area contributed by atoms with E-state index in [0.717, 1.165) is 27.7 Å². The SMILES string of the molecule is CC(=O)N[C@H]1[C@H](O[C@H]2[C@H](O)[C@@H](NC(C)=O)C(O)O[C@@H]2CO)O[C@H](CO)[C@@H](O[C@@H]2O[C@H](CO[C@H]3O[C@H](CO)[C@@H](O)[C@H](O)[C@@H]3O[C@@H]3O[C@H](CO)[C@@H](O[C@@H]4O[C@H](CO)[C@H](O)[C@H](O[C@H]5O[C@H](CO)[C@H](O)[C@H](O)[C@H]5O)[C@H]4O)[C@H](O)[C@H]3NC(C)=O)[C@@H](O)[C@H](O[C@H]3O[C@H](CO)[C@@H](O)[C@H](O)[C@@H]3O[C@@H]3O[C@H](CO)[C@@H](O[C@@H]4O[C@H](CO)[C@H](O)[C@H](O)[C@H]4O)[C@H](O)[C@H]3NC(C)=O)[C@@H]2O)[C@@H]1O. The van der Waals surface area contributed by atoms with Crippen LogP contribution in [0.4, 0.5) is 0 Å². The van der Waals surface area contributed by atoms with Crippen molar-refractivity contribution in [2.75, 3.05) is 66.1 Å². The molecule has 123 heavy (non-hydrogen) atoms. The molecule has 712 valence electrons. The number of rotatable bonds is 32. The van der Waals surface area contributed by atoms with Gasteiger partial charge in [-0.05, 0) is 0 Å². The maximum absolute atomic E-state index is 13.1. The summed E-state index contributed by atoms with van der Waals surface area (Å²) in [5, 5.41) is 321. The van der Waals surface area contributed by atoms with Crippen molar-refractivity contribution in [2.24, 2.45) is 0 Å². The zero-order chi connectivity index (χ0) is 90.5. The van der Waals surface area contributed by atoms with Gasteiger partial charge in [0.05, 0.1) is 66.1 Å². The van der Waals surface area contributed by atoms with Gasteiger partial charge in [0.15, 0.2) is 62.9 Å². The number of aliphatic hydroxyl groups is 28. The standard InChI is InChI=1S/C68H114N4O51/c1-15(82)69-29-39(92)51(24(10-78)106-59(29)104)116-60-30(70-16(2)83)40(93)54(26(12-80)112-60)119-66-50(103)56(121-68-58(46(99)36(89)22(8-76)111-68)123-62-32(72-18(4)85)41(94)52(25(11-79)114-62)117-63-47(100)43(96)33(86)19(5-73)107-63)38(91)28(115-66)14-105-67-57(45(98)35(88)21(7-75)110-67)122-61-31(71-17(3)84)42(95)53(27(13-81)113-61)118-65-49(102)55(37(90)23(9-77)109-65)120-64-48(101)44(97)34(87)20(6-74)108-64/h19-68,73-81,86-104H,5-14H2,1-4H3,(H,69,82)(H,70,83)(H,71,84)(H,72,85)/t19-,20-,21-,22-,23-,24-,25-,26-,27-,28-,29-,30-,31-,32-,33+,34+,35-,36-,37+,38-,39-,40-,41-,42-,43+,44+,45+,46+,47-,48-,49-,50+,51-,52-,53-,54-,55+,56+,57+,58+,59?,60+,61+,62+,63+,64-,65+,66+,67+,68-/m1/s1. The average Bonchev–Trinajstić information content (AvgIpc) is 0.768. The minimum Gasteiger partial charge on any atom is -0.394 e. The highest BCUT2D eigenvalue weighted by Gasteiger charge is 2.62. The molecule has 32 N–H and O–H groups in total. The Bertz CT molecular complexity index is 3310. The first-order valence-corrected chi connectivity index (χ1v) is 39.1. The van der Waals surface area contributed by atoms with E-state index in [9.17, 15) is 162 Å². The molecule has 55 heteroatoms. The lowest BCUT2D eigenvalue weighted by Gasteiger charge is -2.51. The van der Waals surface area contributed by atoms with Crippen LogP contribution in [0.2, 0.25) is 0 Å².